The van der Waals surface area contributed by atoms with E-state index in [1.54, 1.807) is 25.3 Å². The Kier molecular flexibility index (Phi) is 7.28. The first-order valence-electron chi connectivity index (χ1n) is 8.89. The maximum atomic E-state index is 12.0. The van der Waals surface area contributed by atoms with Gasteiger partial charge in [-0.05, 0) is 12.1 Å². The molecule has 3 rings (SSSR count). The van der Waals surface area contributed by atoms with Gasteiger partial charge in [0.05, 0.1) is 23.7 Å². The fraction of sp³-hybridized carbons (Fsp3) is 0.316. The van der Waals surface area contributed by atoms with E-state index in [0.717, 1.165) is 15.8 Å². The zero-order chi connectivity index (χ0) is 20.6. The number of hydrogen-bond acceptors (Lipinski definition) is 9. The van der Waals surface area contributed by atoms with Crippen LogP contribution in [-0.4, -0.2) is 60.4 Å². The molecule has 0 aliphatic carbocycles. The number of nitrogens with zero attached hydrogens (tertiary/aromatic N) is 5. The van der Waals surface area contributed by atoms with Crippen molar-refractivity contribution in [1.82, 2.24) is 15.0 Å². The molecule has 9 nitrogen and oxygen atoms in total. The second kappa shape index (κ2) is 10.1. The molecule has 0 aliphatic rings. The normalized spacial score (nSPS) is 11.0. The summed E-state index contributed by atoms with van der Waals surface area (Å²) in [6, 6.07) is 9.52. The number of methoxy groups -OCH3 is 2. The van der Waals surface area contributed by atoms with Crippen molar-refractivity contribution in [2.24, 2.45) is 0 Å². The van der Waals surface area contributed by atoms with Crippen LogP contribution in [0.5, 0.6) is 0 Å². The van der Waals surface area contributed by atoms with Gasteiger partial charge >= 0.3 is 5.69 Å². The Morgan fingerprint density at radius 3 is 2.48 bits per heavy atom. The van der Waals surface area contributed by atoms with E-state index in [1.165, 1.54) is 18.1 Å². The molecule has 0 N–H and O–H groups in total. The number of pyridine rings is 1. The van der Waals surface area contributed by atoms with E-state index in [9.17, 15) is 10.1 Å². The molecule has 3 aromatic rings. The molecule has 0 saturated carbocycles. The summed E-state index contributed by atoms with van der Waals surface area (Å²) in [5.74, 6) is 0.245. The Labute approximate surface area is 172 Å². The molecule has 2 aromatic heterocycles. The van der Waals surface area contributed by atoms with Gasteiger partial charge in [-0.25, -0.2) is 9.97 Å². The van der Waals surface area contributed by atoms with Gasteiger partial charge in [-0.3, -0.25) is 15.1 Å². The third kappa shape index (κ3) is 4.97. The number of aromatic nitrogens is 3. The van der Waals surface area contributed by atoms with E-state index in [1.807, 2.05) is 30.3 Å². The Balaban J connectivity index is 2.03. The van der Waals surface area contributed by atoms with Crippen LogP contribution in [-0.2, 0) is 9.47 Å². The first-order valence-corrected chi connectivity index (χ1v) is 9.71. The summed E-state index contributed by atoms with van der Waals surface area (Å²) in [6.07, 6.45) is 3.04. The van der Waals surface area contributed by atoms with Crippen LogP contribution in [0.2, 0.25) is 0 Å². The predicted octanol–water partition coefficient (Wildman–Crippen LogP) is 3.18. The first kappa shape index (κ1) is 20.9. The highest BCUT2D eigenvalue weighted by Crippen LogP contribution is 2.39. The summed E-state index contributed by atoms with van der Waals surface area (Å²) in [5.41, 5.74) is 0.628. The third-order valence-corrected chi connectivity index (χ3v) is 5.23. The minimum atomic E-state index is -0.442. The minimum absolute atomic E-state index is 0.141. The van der Waals surface area contributed by atoms with E-state index in [0.29, 0.717) is 26.3 Å². The highest BCUT2D eigenvalue weighted by Gasteiger charge is 2.28. The number of fused-ring (bicyclic) bond motifs is 1. The fourth-order valence-electron chi connectivity index (χ4n) is 2.81. The molecule has 10 heteroatoms. The van der Waals surface area contributed by atoms with Crippen LogP contribution < -0.4 is 4.90 Å². The third-order valence-electron chi connectivity index (χ3n) is 4.18. The van der Waals surface area contributed by atoms with E-state index in [-0.39, 0.29) is 16.5 Å². The largest absolute Gasteiger partial charge is 0.383 e. The highest BCUT2D eigenvalue weighted by atomic mass is 32.2. The van der Waals surface area contributed by atoms with Crippen LogP contribution >= 0.6 is 11.8 Å². The molecule has 1 aromatic carbocycles. The van der Waals surface area contributed by atoms with Crippen molar-refractivity contribution >= 4 is 34.2 Å². The van der Waals surface area contributed by atoms with Gasteiger partial charge in [0.15, 0.2) is 5.03 Å². The standard InChI is InChI=1S/C19H21N5O4S/c1-27-11-9-23(10-12-28-2)18-17(24(25)26)19(22-13-21-18)29-15-7-3-5-14-6-4-8-20-16(14)15/h3-8,13H,9-12H2,1-2H3. The number of rotatable bonds is 10. The SMILES string of the molecule is COCCN(CCOC)c1ncnc(Sc2cccc3cccnc23)c1[N+](=O)[O-]. The number of ether oxygens (including phenoxy) is 2. The van der Waals surface area contributed by atoms with Crippen LogP contribution in [0.15, 0.2) is 52.8 Å². The fourth-order valence-corrected chi connectivity index (χ4v) is 3.79. The van der Waals surface area contributed by atoms with E-state index < -0.39 is 4.92 Å². The average molecular weight is 415 g/mol. The molecule has 0 saturated heterocycles. The molecule has 0 amide bonds. The van der Waals surface area contributed by atoms with Gasteiger partial charge in [0, 0.05) is 43.8 Å². The molecular weight excluding hydrogens is 394 g/mol. The zero-order valence-corrected chi connectivity index (χ0v) is 17.0. The quantitative estimate of drug-likeness (QED) is 0.280. The van der Waals surface area contributed by atoms with E-state index in [2.05, 4.69) is 15.0 Å². The van der Waals surface area contributed by atoms with Crippen LogP contribution in [0.3, 0.4) is 0 Å². The molecule has 29 heavy (non-hydrogen) atoms. The van der Waals surface area contributed by atoms with E-state index in [4.69, 9.17) is 9.47 Å². The lowest BCUT2D eigenvalue weighted by Crippen LogP contribution is -2.32. The molecule has 0 fully saturated rings. The molecule has 2 heterocycles. The van der Waals surface area contributed by atoms with Crippen LogP contribution in [0.1, 0.15) is 0 Å². The molecule has 0 bridgehead atoms. The van der Waals surface area contributed by atoms with Gasteiger partial charge in [0.1, 0.15) is 6.33 Å². The lowest BCUT2D eigenvalue weighted by molar-refractivity contribution is -0.387. The maximum Gasteiger partial charge on any atom is 0.343 e. The Morgan fingerprint density at radius 1 is 1.07 bits per heavy atom. The van der Waals surface area contributed by atoms with Crippen molar-refractivity contribution in [3.8, 4) is 0 Å². The van der Waals surface area contributed by atoms with Crippen molar-refractivity contribution in [2.75, 3.05) is 45.4 Å². The van der Waals surface area contributed by atoms with Gasteiger partial charge in [-0.15, -0.1) is 0 Å². The Bertz CT molecular complexity index is 974. The number of benzene rings is 1. The zero-order valence-electron chi connectivity index (χ0n) is 16.1. The number of para-hydroxylation sites is 1. The van der Waals surface area contributed by atoms with Gasteiger partial charge < -0.3 is 14.4 Å². The second-order valence-corrected chi connectivity index (χ2v) is 7.04. The van der Waals surface area contributed by atoms with Crippen molar-refractivity contribution < 1.29 is 14.4 Å². The molecular formula is C19H21N5O4S. The van der Waals surface area contributed by atoms with Crippen molar-refractivity contribution in [3.63, 3.8) is 0 Å². The lowest BCUT2D eigenvalue weighted by atomic mass is 10.2. The molecule has 0 unspecified atom stereocenters. The van der Waals surface area contributed by atoms with Crippen molar-refractivity contribution in [1.29, 1.82) is 0 Å². The number of hydrogen-bond donors (Lipinski definition) is 0. The topological polar surface area (TPSA) is 104 Å². The smallest absolute Gasteiger partial charge is 0.343 e. The minimum Gasteiger partial charge on any atom is -0.383 e. The van der Waals surface area contributed by atoms with Gasteiger partial charge in [0.2, 0.25) is 5.82 Å². The summed E-state index contributed by atoms with van der Waals surface area (Å²) in [4.78, 5) is 26.9. The maximum absolute atomic E-state index is 12.0. The summed E-state index contributed by atoms with van der Waals surface area (Å²) in [7, 11) is 3.16. The van der Waals surface area contributed by atoms with Crippen LogP contribution in [0.25, 0.3) is 10.9 Å². The molecule has 0 spiro atoms. The number of anilines is 1. The first-order chi connectivity index (χ1) is 14.2. The van der Waals surface area contributed by atoms with Crippen LogP contribution in [0.4, 0.5) is 11.5 Å². The molecule has 152 valence electrons. The van der Waals surface area contributed by atoms with Crippen LogP contribution in [0, 0.1) is 10.1 Å². The van der Waals surface area contributed by atoms with Gasteiger partial charge in [-0.1, -0.05) is 30.0 Å². The Hall–Kier alpha value is -2.82. The van der Waals surface area contributed by atoms with Gasteiger partial charge in [-0.2, -0.15) is 0 Å². The monoisotopic (exact) mass is 415 g/mol. The molecule has 0 radical (unpaired) electrons. The summed E-state index contributed by atoms with van der Waals surface area (Å²) >= 11 is 1.21. The van der Waals surface area contributed by atoms with E-state index >= 15 is 0 Å². The summed E-state index contributed by atoms with van der Waals surface area (Å²) in [5, 5.41) is 13.2. The molecule has 0 aliphatic heterocycles. The second-order valence-electron chi connectivity index (χ2n) is 6.01. The van der Waals surface area contributed by atoms with Crippen molar-refractivity contribution in [3.05, 3.63) is 53.0 Å². The average Bonchev–Trinajstić information content (AvgIpc) is 2.74. The summed E-state index contributed by atoms with van der Waals surface area (Å²) in [6.45, 7) is 1.69. The predicted molar refractivity (Wildman–Crippen MR) is 111 cm³/mol. The lowest BCUT2D eigenvalue weighted by Gasteiger charge is -2.23. The van der Waals surface area contributed by atoms with Gasteiger partial charge in [0.25, 0.3) is 0 Å². The van der Waals surface area contributed by atoms with Crippen molar-refractivity contribution in [2.45, 2.75) is 9.92 Å². The number of nitro groups is 1. The summed E-state index contributed by atoms with van der Waals surface area (Å²) < 4.78 is 10.3. The Morgan fingerprint density at radius 2 is 1.79 bits per heavy atom. The molecule has 0 atom stereocenters. The highest BCUT2D eigenvalue weighted by molar-refractivity contribution is 7.99.